The Morgan fingerprint density at radius 1 is 1.44 bits per heavy atom. The zero-order chi connectivity index (χ0) is 12.5. The molecule has 1 aromatic carbocycles. The average molecular weight is 322 g/mol. The predicted octanol–water partition coefficient (Wildman–Crippen LogP) is 3.41. The van der Waals surface area contributed by atoms with Gasteiger partial charge in [0.2, 0.25) is 0 Å². The van der Waals surface area contributed by atoms with Gasteiger partial charge in [-0.2, -0.15) is 0 Å². The fourth-order valence-corrected chi connectivity index (χ4v) is 2.70. The maximum atomic E-state index is 12.0. The number of benzene rings is 1. The monoisotopic (exact) mass is 321 g/mol. The molecule has 0 fully saturated rings. The first kappa shape index (κ1) is 11.4. The molecule has 1 N–H and O–H groups in total. The Labute approximate surface area is 115 Å². The van der Waals surface area contributed by atoms with Crippen LogP contribution in [0.5, 0.6) is 0 Å². The summed E-state index contributed by atoms with van der Waals surface area (Å²) < 4.78 is 2.76. The van der Waals surface area contributed by atoms with E-state index in [1.807, 2.05) is 40.2 Å². The van der Waals surface area contributed by atoms with Gasteiger partial charge in [-0.15, -0.1) is 11.3 Å². The van der Waals surface area contributed by atoms with Crippen LogP contribution in [-0.4, -0.2) is 15.3 Å². The van der Waals surface area contributed by atoms with Crippen LogP contribution >= 0.6 is 27.3 Å². The summed E-state index contributed by atoms with van der Waals surface area (Å²) in [7, 11) is 0. The average Bonchev–Trinajstić information content (AvgIpc) is 2.88. The molecule has 18 heavy (non-hydrogen) atoms. The third-order valence-corrected chi connectivity index (χ3v) is 3.67. The van der Waals surface area contributed by atoms with E-state index < -0.39 is 0 Å². The molecule has 6 heteroatoms. The van der Waals surface area contributed by atoms with Crippen molar-refractivity contribution in [1.82, 2.24) is 9.38 Å². The zero-order valence-corrected chi connectivity index (χ0v) is 11.5. The quantitative estimate of drug-likeness (QED) is 0.786. The Morgan fingerprint density at radius 3 is 3.11 bits per heavy atom. The van der Waals surface area contributed by atoms with E-state index in [0.29, 0.717) is 5.69 Å². The Morgan fingerprint density at radius 2 is 2.33 bits per heavy atom. The second-order valence-electron chi connectivity index (χ2n) is 3.68. The standard InChI is InChI=1S/C12H8BrN3OS/c13-8-2-1-3-9(6-8)14-11(17)10-7-16-4-5-18-12(16)15-10/h1-7H,(H,14,17). The Hall–Kier alpha value is -1.66. The maximum absolute atomic E-state index is 12.0. The van der Waals surface area contributed by atoms with E-state index >= 15 is 0 Å². The summed E-state index contributed by atoms with van der Waals surface area (Å²) in [5.74, 6) is -0.205. The minimum atomic E-state index is -0.205. The fourth-order valence-electron chi connectivity index (χ4n) is 1.60. The molecule has 90 valence electrons. The predicted molar refractivity (Wildman–Crippen MR) is 75.2 cm³/mol. The molecule has 4 nitrogen and oxygen atoms in total. The van der Waals surface area contributed by atoms with Gasteiger partial charge in [-0.25, -0.2) is 4.98 Å². The van der Waals surface area contributed by atoms with Gasteiger partial charge in [-0.3, -0.25) is 9.20 Å². The second kappa shape index (κ2) is 4.55. The van der Waals surface area contributed by atoms with Gasteiger partial charge in [0, 0.05) is 27.9 Å². The largest absolute Gasteiger partial charge is 0.321 e. The number of fused-ring (bicyclic) bond motifs is 1. The van der Waals surface area contributed by atoms with E-state index in [-0.39, 0.29) is 5.91 Å². The molecule has 0 unspecified atom stereocenters. The molecule has 0 aliphatic heterocycles. The molecule has 0 bridgehead atoms. The summed E-state index contributed by atoms with van der Waals surface area (Å²) in [5, 5.41) is 4.74. The van der Waals surface area contributed by atoms with Gasteiger partial charge in [0.25, 0.3) is 5.91 Å². The fraction of sp³-hybridized carbons (Fsp3) is 0. The van der Waals surface area contributed by atoms with Gasteiger partial charge in [0.15, 0.2) is 4.96 Å². The summed E-state index contributed by atoms with van der Waals surface area (Å²) in [4.78, 5) is 17.1. The van der Waals surface area contributed by atoms with E-state index in [0.717, 1.165) is 15.1 Å². The van der Waals surface area contributed by atoms with Crippen LogP contribution < -0.4 is 5.32 Å². The van der Waals surface area contributed by atoms with Crippen molar-refractivity contribution in [3.05, 3.63) is 52.2 Å². The third-order valence-electron chi connectivity index (χ3n) is 2.41. The van der Waals surface area contributed by atoms with E-state index in [4.69, 9.17) is 0 Å². The number of nitrogens with zero attached hydrogens (tertiary/aromatic N) is 2. The number of hydrogen-bond acceptors (Lipinski definition) is 3. The van der Waals surface area contributed by atoms with Gasteiger partial charge in [0.1, 0.15) is 5.69 Å². The van der Waals surface area contributed by atoms with Crippen LogP contribution in [0, 0.1) is 0 Å². The van der Waals surface area contributed by atoms with E-state index in [1.54, 1.807) is 6.20 Å². The minimum Gasteiger partial charge on any atom is -0.321 e. The molecular weight excluding hydrogens is 314 g/mol. The molecule has 0 aliphatic rings. The van der Waals surface area contributed by atoms with Crippen molar-refractivity contribution < 1.29 is 4.79 Å². The van der Waals surface area contributed by atoms with Crippen LogP contribution in [0.3, 0.4) is 0 Å². The van der Waals surface area contributed by atoms with Crippen molar-refractivity contribution in [2.75, 3.05) is 5.32 Å². The van der Waals surface area contributed by atoms with E-state index in [2.05, 4.69) is 26.2 Å². The molecule has 1 amide bonds. The first-order valence-electron chi connectivity index (χ1n) is 5.21. The molecule has 0 atom stereocenters. The number of hydrogen-bond donors (Lipinski definition) is 1. The molecule has 0 saturated heterocycles. The van der Waals surface area contributed by atoms with Crippen LogP contribution in [0.4, 0.5) is 5.69 Å². The topological polar surface area (TPSA) is 46.4 Å². The number of nitrogens with one attached hydrogen (secondary N) is 1. The molecule has 3 aromatic rings. The highest BCUT2D eigenvalue weighted by Gasteiger charge is 2.11. The first-order chi connectivity index (χ1) is 8.72. The molecule has 2 aromatic heterocycles. The summed E-state index contributed by atoms with van der Waals surface area (Å²) >= 11 is 4.86. The highest BCUT2D eigenvalue weighted by Crippen LogP contribution is 2.17. The molecule has 0 aliphatic carbocycles. The van der Waals surface area contributed by atoms with Crippen molar-refractivity contribution in [3.8, 4) is 0 Å². The van der Waals surface area contributed by atoms with Gasteiger partial charge < -0.3 is 5.32 Å². The van der Waals surface area contributed by atoms with Gasteiger partial charge in [0.05, 0.1) is 0 Å². The number of thiazole rings is 1. The lowest BCUT2D eigenvalue weighted by molar-refractivity contribution is 0.102. The maximum Gasteiger partial charge on any atom is 0.275 e. The molecule has 2 heterocycles. The highest BCUT2D eigenvalue weighted by molar-refractivity contribution is 9.10. The summed E-state index contributed by atoms with van der Waals surface area (Å²) in [6.45, 7) is 0. The number of aromatic nitrogens is 2. The molecule has 0 spiro atoms. The van der Waals surface area contributed by atoms with Gasteiger partial charge in [-0.1, -0.05) is 22.0 Å². The summed E-state index contributed by atoms with van der Waals surface area (Å²) in [6, 6.07) is 7.45. The number of rotatable bonds is 2. The number of imidazole rings is 1. The molecule has 0 saturated carbocycles. The molecule has 0 radical (unpaired) electrons. The van der Waals surface area contributed by atoms with E-state index in [9.17, 15) is 4.79 Å². The lowest BCUT2D eigenvalue weighted by atomic mass is 10.3. The van der Waals surface area contributed by atoms with Crippen LogP contribution in [0.1, 0.15) is 10.5 Å². The van der Waals surface area contributed by atoms with Gasteiger partial charge >= 0.3 is 0 Å². The van der Waals surface area contributed by atoms with Crippen LogP contribution in [0.15, 0.2) is 46.5 Å². The van der Waals surface area contributed by atoms with E-state index in [1.165, 1.54) is 11.3 Å². The smallest absolute Gasteiger partial charge is 0.275 e. The minimum absolute atomic E-state index is 0.205. The number of anilines is 1. The van der Waals surface area contributed by atoms with Gasteiger partial charge in [-0.05, 0) is 18.2 Å². The lowest BCUT2D eigenvalue weighted by Crippen LogP contribution is -2.12. The number of halogens is 1. The van der Waals surface area contributed by atoms with Crippen LogP contribution in [0.2, 0.25) is 0 Å². The first-order valence-corrected chi connectivity index (χ1v) is 6.89. The van der Waals surface area contributed by atoms with Crippen LogP contribution in [0.25, 0.3) is 4.96 Å². The summed E-state index contributed by atoms with van der Waals surface area (Å²) in [5.41, 5.74) is 1.16. The lowest BCUT2D eigenvalue weighted by Gasteiger charge is -2.02. The van der Waals surface area contributed by atoms with Crippen molar-refractivity contribution in [2.45, 2.75) is 0 Å². The van der Waals surface area contributed by atoms with Crippen molar-refractivity contribution in [3.63, 3.8) is 0 Å². The zero-order valence-electron chi connectivity index (χ0n) is 9.13. The Bertz CT molecular complexity index is 690. The Kier molecular flexibility index (Phi) is 2.89. The Balaban J connectivity index is 1.85. The molecule has 3 rings (SSSR count). The number of carbonyl (C=O) groups excluding carboxylic acids is 1. The summed E-state index contributed by atoms with van der Waals surface area (Å²) in [6.07, 6.45) is 3.60. The van der Waals surface area contributed by atoms with Crippen molar-refractivity contribution in [1.29, 1.82) is 0 Å². The van der Waals surface area contributed by atoms with Crippen LogP contribution in [-0.2, 0) is 0 Å². The normalized spacial score (nSPS) is 10.7. The molecular formula is C12H8BrN3OS. The second-order valence-corrected chi connectivity index (χ2v) is 5.47. The number of carbonyl (C=O) groups is 1. The SMILES string of the molecule is O=C(Nc1cccc(Br)c1)c1cn2ccsc2n1. The number of amides is 1. The highest BCUT2D eigenvalue weighted by atomic mass is 79.9. The van der Waals surface area contributed by atoms with Crippen molar-refractivity contribution in [2.24, 2.45) is 0 Å². The van der Waals surface area contributed by atoms with Crippen molar-refractivity contribution >= 4 is 43.8 Å². The third kappa shape index (κ3) is 2.16.